The minimum atomic E-state index is -0.0509. The van der Waals surface area contributed by atoms with Gasteiger partial charge in [-0.25, -0.2) is 0 Å². The molecule has 9 atom stereocenters. The number of carbonyl (C=O) groups excluding carboxylic acids is 2. The lowest BCUT2D eigenvalue weighted by Gasteiger charge is -2.50. The van der Waals surface area contributed by atoms with Crippen LogP contribution in [-0.4, -0.2) is 60.5 Å². The van der Waals surface area contributed by atoms with E-state index < -0.39 is 0 Å². The third-order valence-corrected chi connectivity index (χ3v) is 8.64. The standard InChI is InChI=1S/C24H42N4O2/c1-14-8-9-18(27-23(29)21-7-5-6-15(2)26-21)12-19(14)20-11-17-13-25-16(3)10-22(17)28(4)24(20)30/h14-22,25-26H,5-13H2,1-4H3,(H,27,29). The number of amides is 2. The van der Waals surface area contributed by atoms with E-state index in [1.54, 1.807) is 0 Å². The van der Waals surface area contributed by atoms with E-state index in [1.807, 2.05) is 7.05 Å². The van der Waals surface area contributed by atoms with Crippen molar-refractivity contribution < 1.29 is 9.59 Å². The highest BCUT2D eigenvalue weighted by Crippen LogP contribution is 2.43. The highest BCUT2D eigenvalue weighted by atomic mass is 16.2. The van der Waals surface area contributed by atoms with Gasteiger partial charge in [0.05, 0.1) is 6.04 Å². The largest absolute Gasteiger partial charge is 0.352 e. The normalized spacial score (nSPS) is 45.0. The summed E-state index contributed by atoms with van der Waals surface area (Å²) >= 11 is 0. The molecule has 0 spiro atoms. The fourth-order valence-corrected chi connectivity index (χ4v) is 6.75. The summed E-state index contributed by atoms with van der Waals surface area (Å²) in [6, 6.07) is 1.45. The van der Waals surface area contributed by atoms with Crippen LogP contribution in [0.4, 0.5) is 0 Å². The molecule has 3 aliphatic heterocycles. The van der Waals surface area contributed by atoms with Crippen molar-refractivity contribution in [2.45, 2.75) is 102 Å². The van der Waals surface area contributed by atoms with Gasteiger partial charge in [0.1, 0.15) is 0 Å². The van der Waals surface area contributed by atoms with Crippen molar-refractivity contribution in [2.24, 2.45) is 23.7 Å². The van der Waals surface area contributed by atoms with Crippen LogP contribution in [0.1, 0.15) is 72.1 Å². The first-order valence-corrected chi connectivity index (χ1v) is 12.4. The van der Waals surface area contributed by atoms with Crippen LogP contribution in [0, 0.1) is 23.7 Å². The SMILES string of the molecule is CC1CC2C(CN1)CC(C1CC(NC(=O)C3CCCC(C)N3)CCC1C)C(=O)N2C. The zero-order valence-electron chi connectivity index (χ0n) is 19.3. The summed E-state index contributed by atoms with van der Waals surface area (Å²) in [7, 11) is 2.02. The summed E-state index contributed by atoms with van der Waals surface area (Å²) < 4.78 is 0. The molecule has 0 aromatic heterocycles. The Morgan fingerprint density at radius 1 is 1.03 bits per heavy atom. The van der Waals surface area contributed by atoms with Gasteiger partial charge in [-0.1, -0.05) is 6.92 Å². The maximum Gasteiger partial charge on any atom is 0.237 e. The quantitative estimate of drug-likeness (QED) is 0.657. The van der Waals surface area contributed by atoms with Crippen molar-refractivity contribution in [1.82, 2.24) is 20.9 Å². The van der Waals surface area contributed by atoms with Gasteiger partial charge in [0.25, 0.3) is 0 Å². The van der Waals surface area contributed by atoms with Crippen molar-refractivity contribution in [1.29, 1.82) is 0 Å². The van der Waals surface area contributed by atoms with Crippen molar-refractivity contribution in [3.63, 3.8) is 0 Å². The van der Waals surface area contributed by atoms with E-state index in [0.29, 0.717) is 41.8 Å². The second-order valence-electron chi connectivity index (χ2n) is 10.9. The first kappa shape index (κ1) is 22.1. The molecule has 2 amide bonds. The van der Waals surface area contributed by atoms with Crippen LogP contribution in [-0.2, 0) is 9.59 Å². The Bertz CT molecular complexity index is 641. The van der Waals surface area contributed by atoms with Crippen LogP contribution >= 0.6 is 0 Å². The summed E-state index contributed by atoms with van der Waals surface area (Å²) in [5.74, 6) is 2.09. The van der Waals surface area contributed by atoms with Crippen molar-refractivity contribution in [3.8, 4) is 0 Å². The summed E-state index contributed by atoms with van der Waals surface area (Å²) in [5, 5.41) is 10.4. The summed E-state index contributed by atoms with van der Waals surface area (Å²) in [5.41, 5.74) is 0. The van der Waals surface area contributed by atoms with Crippen molar-refractivity contribution in [3.05, 3.63) is 0 Å². The third-order valence-electron chi connectivity index (χ3n) is 8.64. The zero-order valence-corrected chi connectivity index (χ0v) is 19.3. The average Bonchev–Trinajstić information content (AvgIpc) is 2.72. The Kier molecular flexibility index (Phi) is 6.73. The minimum Gasteiger partial charge on any atom is -0.352 e. The molecule has 3 N–H and O–H groups in total. The molecule has 3 saturated heterocycles. The molecule has 3 heterocycles. The van der Waals surface area contributed by atoms with Gasteiger partial charge in [0.2, 0.25) is 11.8 Å². The molecule has 9 unspecified atom stereocenters. The molecule has 0 radical (unpaired) electrons. The Morgan fingerprint density at radius 2 is 1.83 bits per heavy atom. The van der Waals surface area contributed by atoms with Gasteiger partial charge in [-0.3, -0.25) is 9.59 Å². The van der Waals surface area contributed by atoms with Gasteiger partial charge in [-0.2, -0.15) is 0 Å². The van der Waals surface area contributed by atoms with E-state index >= 15 is 0 Å². The van der Waals surface area contributed by atoms with Gasteiger partial charge >= 0.3 is 0 Å². The molecule has 1 aliphatic carbocycles. The van der Waals surface area contributed by atoms with Gasteiger partial charge < -0.3 is 20.9 Å². The van der Waals surface area contributed by atoms with Crippen LogP contribution in [0.15, 0.2) is 0 Å². The number of hydrogen-bond donors (Lipinski definition) is 3. The average molecular weight is 419 g/mol. The number of piperidine rings is 3. The Balaban J connectivity index is 1.39. The van der Waals surface area contributed by atoms with Crippen LogP contribution in [0.25, 0.3) is 0 Å². The lowest BCUT2D eigenvalue weighted by molar-refractivity contribution is -0.148. The molecule has 0 aromatic rings. The molecule has 4 aliphatic rings. The Labute approximate surface area is 182 Å². The number of likely N-dealkylation sites (tertiary alicyclic amines) is 1. The van der Waals surface area contributed by atoms with E-state index in [2.05, 4.69) is 41.6 Å². The van der Waals surface area contributed by atoms with Gasteiger partial charge in [-0.15, -0.1) is 0 Å². The zero-order chi connectivity index (χ0) is 21.4. The molecule has 4 rings (SSSR count). The lowest BCUT2D eigenvalue weighted by atomic mass is 9.65. The molecule has 1 saturated carbocycles. The summed E-state index contributed by atoms with van der Waals surface area (Å²) in [6.07, 6.45) is 8.35. The second kappa shape index (κ2) is 9.15. The smallest absolute Gasteiger partial charge is 0.237 e. The number of fused-ring (bicyclic) bond motifs is 1. The maximum atomic E-state index is 13.4. The number of rotatable bonds is 3. The maximum absolute atomic E-state index is 13.4. The van der Waals surface area contributed by atoms with E-state index in [-0.39, 0.29) is 23.9 Å². The molecule has 4 fully saturated rings. The topological polar surface area (TPSA) is 73.5 Å². The molecule has 170 valence electrons. The van der Waals surface area contributed by atoms with Gasteiger partial charge in [0, 0.05) is 43.7 Å². The van der Waals surface area contributed by atoms with Crippen molar-refractivity contribution >= 4 is 11.8 Å². The highest BCUT2D eigenvalue weighted by molar-refractivity contribution is 5.82. The van der Waals surface area contributed by atoms with Gasteiger partial charge in [0.15, 0.2) is 0 Å². The van der Waals surface area contributed by atoms with E-state index in [0.717, 1.165) is 57.9 Å². The van der Waals surface area contributed by atoms with E-state index in [9.17, 15) is 9.59 Å². The number of hydrogen-bond acceptors (Lipinski definition) is 4. The molecule has 30 heavy (non-hydrogen) atoms. The minimum absolute atomic E-state index is 0.0509. The van der Waals surface area contributed by atoms with Gasteiger partial charge in [-0.05, 0) is 83.0 Å². The molecular weight excluding hydrogens is 376 g/mol. The van der Waals surface area contributed by atoms with Crippen LogP contribution in [0.5, 0.6) is 0 Å². The fraction of sp³-hybridized carbons (Fsp3) is 0.917. The Hall–Kier alpha value is -1.14. The third kappa shape index (κ3) is 4.55. The lowest BCUT2D eigenvalue weighted by Crippen LogP contribution is -2.60. The first-order chi connectivity index (χ1) is 14.3. The molecule has 0 aromatic carbocycles. The fourth-order valence-electron chi connectivity index (χ4n) is 6.75. The molecule has 6 nitrogen and oxygen atoms in total. The number of carbonyl (C=O) groups is 2. The first-order valence-electron chi connectivity index (χ1n) is 12.4. The van der Waals surface area contributed by atoms with Crippen LogP contribution in [0.2, 0.25) is 0 Å². The summed E-state index contributed by atoms with van der Waals surface area (Å²) in [4.78, 5) is 28.3. The van der Waals surface area contributed by atoms with Crippen molar-refractivity contribution in [2.75, 3.05) is 13.6 Å². The second-order valence-corrected chi connectivity index (χ2v) is 10.9. The van der Waals surface area contributed by atoms with Crippen LogP contribution in [0.3, 0.4) is 0 Å². The monoisotopic (exact) mass is 418 g/mol. The summed E-state index contributed by atoms with van der Waals surface area (Å²) in [6.45, 7) is 7.72. The highest BCUT2D eigenvalue weighted by Gasteiger charge is 2.47. The Morgan fingerprint density at radius 3 is 2.60 bits per heavy atom. The van der Waals surface area contributed by atoms with E-state index in [1.165, 1.54) is 0 Å². The number of nitrogens with zero attached hydrogens (tertiary/aromatic N) is 1. The molecule has 0 bridgehead atoms. The predicted molar refractivity (Wildman–Crippen MR) is 119 cm³/mol. The van der Waals surface area contributed by atoms with E-state index in [4.69, 9.17) is 0 Å². The van der Waals surface area contributed by atoms with Crippen LogP contribution < -0.4 is 16.0 Å². The molecule has 6 heteroatoms. The number of nitrogens with one attached hydrogen (secondary N) is 3. The molecular formula is C24H42N4O2. The predicted octanol–water partition coefficient (Wildman–Crippen LogP) is 2.28.